The zero-order chi connectivity index (χ0) is 18.5. The summed E-state index contributed by atoms with van der Waals surface area (Å²) in [6, 6.07) is 8.31. The quantitative estimate of drug-likeness (QED) is 0.838. The van der Waals surface area contributed by atoms with E-state index in [1.807, 2.05) is 24.3 Å². The lowest BCUT2D eigenvalue weighted by atomic mass is 9.88. The number of benzene rings is 1. The molecule has 2 aromatic rings. The van der Waals surface area contributed by atoms with Crippen LogP contribution in [-0.4, -0.2) is 41.5 Å². The van der Waals surface area contributed by atoms with E-state index in [1.165, 1.54) is 19.3 Å². The van der Waals surface area contributed by atoms with Crippen molar-refractivity contribution in [3.05, 3.63) is 30.2 Å². The number of para-hydroxylation sites is 2. The smallest absolute Gasteiger partial charge is 0.223 e. The second kappa shape index (κ2) is 8.87. The van der Waals surface area contributed by atoms with Gasteiger partial charge < -0.3 is 14.6 Å². The van der Waals surface area contributed by atoms with Gasteiger partial charge in [-0.05, 0) is 50.8 Å². The van der Waals surface area contributed by atoms with Gasteiger partial charge in [-0.25, -0.2) is 4.98 Å². The van der Waals surface area contributed by atoms with Crippen molar-refractivity contribution in [1.82, 2.24) is 15.2 Å². The van der Waals surface area contributed by atoms with E-state index in [4.69, 9.17) is 4.42 Å². The Morgan fingerprint density at radius 2 is 1.89 bits per heavy atom. The normalized spacial score (nSPS) is 20.1. The van der Waals surface area contributed by atoms with Crippen LogP contribution in [0, 0.1) is 5.92 Å². The molecule has 1 amide bonds. The summed E-state index contributed by atoms with van der Waals surface area (Å²) < 4.78 is 5.80. The van der Waals surface area contributed by atoms with Crippen molar-refractivity contribution < 1.29 is 9.21 Å². The maximum atomic E-state index is 12.4. The average Bonchev–Trinajstić information content (AvgIpc) is 3.13. The number of nitrogens with zero attached hydrogens (tertiary/aromatic N) is 2. The number of fused-ring (bicyclic) bond motifs is 1. The van der Waals surface area contributed by atoms with Crippen molar-refractivity contribution in [2.75, 3.05) is 19.6 Å². The number of rotatable bonds is 6. The van der Waals surface area contributed by atoms with Crippen LogP contribution in [0.15, 0.2) is 28.7 Å². The van der Waals surface area contributed by atoms with Crippen molar-refractivity contribution in [3.63, 3.8) is 0 Å². The summed E-state index contributed by atoms with van der Waals surface area (Å²) >= 11 is 0. The zero-order valence-corrected chi connectivity index (χ0v) is 16.2. The number of carbonyl (C=O) groups excluding carboxylic acids is 1. The first-order valence-electron chi connectivity index (χ1n) is 10.6. The lowest BCUT2D eigenvalue weighted by molar-refractivity contribution is -0.127. The largest absolute Gasteiger partial charge is 0.441 e. The lowest BCUT2D eigenvalue weighted by Crippen LogP contribution is -2.46. The van der Waals surface area contributed by atoms with E-state index in [9.17, 15) is 4.79 Å². The fraction of sp³-hybridized carbons (Fsp3) is 0.636. The van der Waals surface area contributed by atoms with Gasteiger partial charge in [-0.3, -0.25) is 4.79 Å². The Balaban J connectivity index is 1.15. The van der Waals surface area contributed by atoms with E-state index < -0.39 is 0 Å². The molecule has 4 rings (SSSR count). The topological polar surface area (TPSA) is 58.4 Å². The van der Waals surface area contributed by atoms with Gasteiger partial charge in [-0.2, -0.15) is 0 Å². The molecule has 2 fully saturated rings. The number of hydrogen-bond donors (Lipinski definition) is 1. The van der Waals surface area contributed by atoms with Crippen molar-refractivity contribution >= 4 is 17.0 Å². The summed E-state index contributed by atoms with van der Waals surface area (Å²) in [6.07, 6.45) is 9.99. The summed E-state index contributed by atoms with van der Waals surface area (Å²) in [5, 5.41) is 3.32. The standard InChI is InChI=1S/C22H31N3O2/c26-22(17-7-2-1-3-8-17)23-18-12-15-25(16-13-18)14-6-11-21-24-19-9-4-5-10-20(19)27-21/h4-5,9-10,17-18H,1-3,6-8,11-16H2,(H,23,26). The van der Waals surface area contributed by atoms with E-state index in [2.05, 4.69) is 15.2 Å². The third-order valence-corrected chi connectivity index (χ3v) is 6.11. The number of oxazole rings is 1. The molecular formula is C22H31N3O2. The summed E-state index contributed by atoms with van der Waals surface area (Å²) in [5.74, 6) is 1.42. The third-order valence-electron chi connectivity index (χ3n) is 6.11. The summed E-state index contributed by atoms with van der Waals surface area (Å²) in [7, 11) is 0. The van der Waals surface area contributed by atoms with Crippen LogP contribution in [0.25, 0.3) is 11.1 Å². The summed E-state index contributed by atoms with van der Waals surface area (Å²) in [4.78, 5) is 19.5. The molecule has 2 aliphatic rings. The van der Waals surface area contributed by atoms with Crippen LogP contribution in [0.4, 0.5) is 0 Å². The summed E-state index contributed by atoms with van der Waals surface area (Å²) in [5.41, 5.74) is 1.82. The van der Waals surface area contributed by atoms with Gasteiger partial charge in [0.05, 0.1) is 0 Å². The molecule has 1 saturated heterocycles. The highest BCUT2D eigenvalue weighted by atomic mass is 16.3. The van der Waals surface area contributed by atoms with Gasteiger partial charge in [-0.1, -0.05) is 31.4 Å². The van der Waals surface area contributed by atoms with Gasteiger partial charge in [0.1, 0.15) is 5.52 Å². The van der Waals surface area contributed by atoms with Gasteiger partial charge in [0, 0.05) is 31.5 Å². The van der Waals surface area contributed by atoms with E-state index in [0.717, 1.165) is 75.1 Å². The fourth-order valence-corrected chi connectivity index (χ4v) is 4.47. The number of likely N-dealkylation sites (tertiary alicyclic amines) is 1. The van der Waals surface area contributed by atoms with E-state index in [-0.39, 0.29) is 5.92 Å². The molecule has 5 nitrogen and oxygen atoms in total. The van der Waals surface area contributed by atoms with Crippen LogP contribution in [0.1, 0.15) is 57.3 Å². The zero-order valence-electron chi connectivity index (χ0n) is 16.2. The highest BCUT2D eigenvalue weighted by Crippen LogP contribution is 2.24. The fourth-order valence-electron chi connectivity index (χ4n) is 4.47. The molecule has 27 heavy (non-hydrogen) atoms. The molecule has 1 N–H and O–H groups in total. The summed E-state index contributed by atoms with van der Waals surface area (Å²) in [6.45, 7) is 3.22. The SMILES string of the molecule is O=C(NC1CCN(CCCc2nc3ccccc3o2)CC1)C1CCCCC1. The molecule has 0 unspecified atom stereocenters. The number of hydrogen-bond acceptors (Lipinski definition) is 4. The molecule has 0 atom stereocenters. The number of nitrogens with one attached hydrogen (secondary N) is 1. The first-order chi connectivity index (χ1) is 13.3. The van der Waals surface area contributed by atoms with Crippen LogP contribution in [0.5, 0.6) is 0 Å². The minimum atomic E-state index is 0.271. The number of aromatic nitrogens is 1. The highest BCUT2D eigenvalue weighted by molar-refractivity contribution is 5.79. The highest BCUT2D eigenvalue weighted by Gasteiger charge is 2.25. The minimum Gasteiger partial charge on any atom is -0.441 e. The van der Waals surface area contributed by atoms with Gasteiger partial charge in [0.15, 0.2) is 11.5 Å². The van der Waals surface area contributed by atoms with E-state index in [0.29, 0.717) is 11.9 Å². The lowest BCUT2D eigenvalue weighted by Gasteiger charge is -2.33. The molecule has 1 saturated carbocycles. The Kier molecular flexibility index (Phi) is 6.07. The predicted octanol–water partition coefficient (Wildman–Crippen LogP) is 3.92. The van der Waals surface area contributed by atoms with Crippen molar-refractivity contribution in [1.29, 1.82) is 0 Å². The molecule has 1 aromatic heterocycles. The third kappa shape index (κ3) is 4.89. The van der Waals surface area contributed by atoms with E-state index in [1.54, 1.807) is 0 Å². The Morgan fingerprint density at radius 3 is 2.67 bits per heavy atom. The van der Waals surface area contributed by atoms with Crippen LogP contribution in [-0.2, 0) is 11.2 Å². The average molecular weight is 370 g/mol. The second-order valence-corrected chi connectivity index (χ2v) is 8.14. The van der Waals surface area contributed by atoms with E-state index >= 15 is 0 Å². The van der Waals surface area contributed by atoms with Gasteiger partial charge in [-0.15, -0.1) is 0 Å². The van der Waals surface area contributed by atoms with Crippen LogP contribution in [0.2, 0.25) is 0 Å². The molecule has 1 aliphatic carbocycles. The molecule has 5 heteroatoms. The van der Waals surface area contributed by atoms with Crippen LogP contribution >= 0.6 is 0 Å². The number of amides is 1. The van der Waals surface area contributed by atoms with Gasteiger partial charge in [0.2, 0.25) is 5.91 Å². The molecule has 0 bridgehead atoms. The van der Waals surface area contributed by atoms with Gasteiger partial charge in [0.25, 0.3) is 0 Å². The maximum Gasteiger partial charge on any atom is 0.223 e. The second-order valence-electron chi connectivity index (χ2n) is 8.14. The maximum absolute atomic E-state index is 12.4. The molecule has 1 aliphatic heterocycles. The first-order valence-corrected chi connectivity index (χ1v) is 10.6. The molecule has 1 aromatic carbocycles. The first kappa shape index (κ1) is 18.5. The number of carbonyl (C=O) groups is 1. The Hall–Kier alpha value is -1.88. The predicted molar refractivity (Wildman–Crippen MR) is 107 cm³/mol. The Bertz CT molecular complexity index is 710. The van der Waals surface area contributed by atoms with Crippen molar-refractivity contribution in [2.24, 2.45) is 5.92 Å². The van der Waals surface area contributed by atoms with Crippen molar-refractivity contribution in [2.45, 2.75) is 63.8 Å². The minimum absolute atomic E-state index is 0.271. The van der Waals surface area contributed by atoms with Crippen LogP contribution < -0.4 is 5.32 Å². The Morgan fingerprint density at radius 1 is 1.11 bits per heavy atom. The van der Waals surface area contributed by atoms with Gasteiger partial charge >= 0.3 is 0 Å². The molecule has 0 spiro atoms. The molecule has 2 heterocycles. The number of aryl methyl sites for hydroxylation is 1. The Labute approximate surface area is 161 Å². The van der Waals surface area contributed by atoms with Crippen molar-refractivity contribution in [3.8, 4) is 0 Å². The molecular weight excluding hydrogens is 338 g/mol. The molecule has 146 valence electrons. The van der Waals surface area contributed by atoms with Crippen LogP contribution in [0.3, 0.4) is 0 Å². The number of piperidine rings is 1. The monoisotopic (exact) mass is 369 g/mol. The molecule has 0 radical (unpaired) electrons.